The lowest BCUT2D eigenvalue weighted by Crippen LogP contribution is -2.44. The van der Waals surface area contributed by atoms with E-state index >= 15 is 0 Å². The zero-order valence-electron chi connectivity index (χ0n) is 20.8. The van der Waals surface area contributed by atoms with Crippen molar-refractivity contribution in [1.82, 2.24) is 4.90 Å². The summed E-state index contributed by atoms with van der Waals surface area (Å²) in [6.07, 6.45) is 1.93. The normalized spacial score (nSPS) is 14.5. The number of sulfonamides is 1. The summed E-state index contributed by atoms with van der Waals surface area (Å²) in [6.45, 7) is 5.55. The van der Waals surface area contributed by atoms with Crippen LogP contribution in [0.25, 0.3) is 0 Å². The van der Waals surface area contributed by atoms with Gasteiger partial charge in [-0.25, -0.2) is 8.42 Å². The fraction of sp³-hybridized carbons (Fsp3) is 0.296. The van der Waals surface area contributed by atoms with E-state index in [0.717, 1.165) is 46.6 Å². The molecule has 190 valence electrons. The lowest BCUT2D eigenvalue weighted by molar-refractivity contribution is -0.114. The van der Waals surface area contributed by atoms with Crippen molar-refractivity contribution in [3.63, 3.8) is 0 Å². The standard InChI is InChI=1S/C27H32N4O3S2/c1-21-4-8-24(9-5-21)31(36(33,34)26-14-12-25(35-3)13-15-26)20-27(32)28-22-6-10-23(11-7-22)30-18-16-29(2)17-19-30/h4-15H,16-20H2,1-3H3,(H,28,32). The highest BCUT2D eigenvalue weighted by molar-refractivity contribution is 7.98. The quantitative estimate of drug-likeness (QED) is 0.443. The predicted octanol–water partition coefficient (Wildman–Crippen LogP) is 4.30. The molecular weight excluding hydrogens is 492 g/mol. The van der Waals surface area contributed by atoms with Crippen LogP contribution in [-0.4, -0.2) is 65.3 Å². The van der Waals surface area contributed by atoms with Crippen molar-refractivity contribution in [3.05, 3.63) is 78.4 Å². The number of carbonyl (C=O) groups is 1. The van der Waals surface area contributed by atoms with Gasteiger partial charge < -0.3 is 15.1 Å². The van der Waals surface area contributed by atoms with Gasteiger partial charge in [0.15, 0.2) is 0 Å². The fourth-order valence-corrected chi connectivity index (χ4v) is 5.88. The van der Waals surface area contributed by atoms with Gasteiger partial charge in [-0.05, 0) is 80.9 Å². The van der Waals surface area contributed by atoms with E-state index in [1.54, 1.807) is 36.4 Å². The van der Waals surface area contributed by atoms with Gasteiger partial charge in [-0.3, -0.25) is 9.10 Å². The van der Waals surface area contributed by atoms with E-state index in [2.05, 4.69) is 22.2 Å². The summed E-state index contributed by atoms with van der Waals surface area (Å²) in [5.41, 5.74) is 3.18. The minimum absolute atomic E-state index is 0.144. The molecule has 1 N–H and O–H groups in total. The average Bonchev–Trinajstić information content (AvgIpc) is 2.89. The molecule has 0 aliphatic carbocycles. The van der Waals surface area contributed by atoms with Crippen LogP contribution < -0.4 is 14.5 Å². The number of hydrogen-bond donors (Lipinski definition) is 1. The lowest BCUT2D eigenvalue weighted by Gasteiger charge is -2.34. The molecule has 1 fully saturated rings. The molecule has 36 heavy (non-hydrogen) atoms. The molecule has 3 aromatic rings. The van der Waals surface area contributed by atoms with Crippen LogP contribution in [0.1, 0.15) is 5.56 Å². The van der Waals surface area contributed by atoms with E-state index in [4.69, 9.17) is 0 Å². The first-order valence-electron chi connectivity index (χ1n) is 11.8. The maximum Gasteiger partial charge on any atom is 0.264 e. The number of rotatable bonds is 8. The van der Waals surface area contributed by atoms with Crippen LogP contribution in [0.3, 0.4) is 0 Å². The van der Waals surface area contributed by atoms with Gasteiger partial charge >= 0.3 is 0 Å². The average molecular weight is 525 g/mol. The molecule has 1 amide bonds. The van der Waals surface area contributed by atoms with E-state index < -0.39 is 15.9 Å². The summed E-state index contributed by atoms with van der Waals surface area (Å²) < 4.78 is 28.3. The summed E-state index contributed by atoms with van der Waals surface area (Å²) in [6, 6.07) is 21.5. The molecule has 0 radical (unpaired) electrons. The summed E-state index contributed by atoms with van der Waals surface area (Å²) in [5.74, 6) is -0.410. The molecule has 0 bridgehead atoms. The predicted molar refractivity (Wildman–Crippen MR) is 149 cm³/mol. The third-order valence-corrected chi connectivity index (χ3v) is 8.81. The van der Waals surface area contributed by atoms with Crippen molar-refractivity contribution in [3.8, 4) is 0 Å². The van der Waals surface area contributed by atoms with Crippen molar-refractivity contribution in [2.24, 2.45) is 0 Å². The molecule has 0 spiro atoms. The molecule has 7 nitrogen and oxygen atoms in total. The van der Waals surface area contributed by atoms with Crippen molar-refractivity contribution < 1.29 is 13.2 Å². The molecule has 1 saturated heterocycles. The highest BCUT2D eigenvalue weighted by atomic mass is 32.2. The second-order valence-electron chi connectivity index (χ2n) is 8.91. The minimum atomic E-state index is -3.95. The van der Waals surface area contributed by atoms with Crippen molar-refractivity contribution in [2.75, 3.05) is 60.5 Å². The molecule has 1 aliphatic heterocycles. The number of benzene rings is 3. The maximum absolute atomic E-state index is 13.6. The van der Waals surface area contributed by atoms with E-state index in [-0.39, 0.29) is 11.4 Å². The fourth-order valence-electron chi connectivity index (χ4n) is 4.05. The molecular formula is C27H32N4O3S2. The van der Waals surface area contributed by atoms with Crippen molar-refractivity contribution in [2.45, 2.75) is 16.7 Å². The number of anilines is 3. The third-order valence-electron chi connectivity index (χ3n) is 6.28. The van der Waals surface area contributed by atoms with E-state index in [9.17, 15) is 13.2 Å². The number of likely N-dealkylation sites (N-methyl/N-ethyl adjacent to an activating group) is 1. The monoisotopic (exact) mass is 524 g/mol. The zero-order valence-corrected chi connectivity index (χ0v) is 22.5. The van der Waals surface area contributed by atoms with E-state index in [1.807, 2.05) is 49.6 Å². The molecule has 1 aliphatic rings. The van der Waals surface area contributed by atoms with E-state index in [0.29, 0.717) is 11.4 Å². The topological polar surface area (TPSA) is 73.0 Å². The largest absolute Gasteiger partial charge is 0.369 e. The number of nitrogens with one attached hydrogen (secondary N) is 1. The van der Waals surface area contributed by atoms with Crippen LogP contribution in [-0.2, 0) is 14.8 Å². The Labute approximate surface area is 218 Å². The number of amides is 1. The Hall–Kier alpha value is -3.01. The summed E-state index contributed by atoms with van der Waals surface area (Å²) in [4.78, 5) is 18.8. The number of hydrogen-bond acceptors (Lipinski definition) is 6. The lowest BCUT2D eigenvalue weighted by atomic mass is 10.2. The van der Waals surface area contributed by atoms with Crippen LogP contribution in [0.4, 0.5) is 17.1 Å². The first-order chi connectivity index (χ1) is 17.3. The Morgan fingerprint density at radius 2 is 1.53 bits per heavy atom. The molecule has 0 saturated carbocycles. The Morgan fingerprint density at radius 1 is 0.917 bits per heavy atom. The second-order valence-corrected chi connectivity index (χ2v) is 11.7. The second kappa shape index (κ2) is 11.4. The van der Waals surface area contributed by atoms with Crippen LogP contribution in [0.15, 0.2) is 82.6 Å². The highest BCUT2D eigenvalue weighted by Crippen LogP contribution is 2.26. The van der Waals surface area contributed by atoms with Crippen molar-refractivity contribution in [1.29, 1.82) is 0 Å². The molecule has 9 heteroatoms. The Balaban J connectivity index is 1.51. The van der Waals surface area contributed by atoms with E-state index in [1.165, 1.54) is 11.8 Å². The Morgan fingerprint density at radius 3 is 2.11 bits per heavy atom. The van der Waals surface area contributed by atoms with Gasteiger partial charge in [0.2, 0.25) is 5.91 Å². The summed E-state index contributed by atoms with van der Waals surface area (Å²) >= 11 is 1.54. The Bertz CT molecular complexity index is 1270. The molecule has 0 atom stereocenters. The minimum Gasteiger partial charge on any atom is -0.369 e. The third kappa shape index (κ3) is 6.21. The highest BCUT2D eigenvalue weighted by Gasteiger charge is 2.27. The van der Waals surface area contributed by atoms with Gasteiger partial charge in [0.05, 0.1) is 10.6 Å². The van der Waals surface area contributed by atoms with Gasteiger partial charge in [-0.15, -0.1) is 11.8 Å². The van der Waals surface area contributed by atoms with Crippen LogP contribution in [0, 0.1) is 6.92 Å². The molecule has 3 aromatic carbocycles. The summed E-state index contributed by atoms with van der Waals surface area (Å²) in [5, 5.41) is 2.86. The molecule has 1 heterocycles. The first-order valence-corrected chi connectivity index (χ1v) is 14.5. The number of aryl methyl sites for hydroxylation is 1. The van der Waals surface area contributed by atoms with Gasteiger partial charge in [-0.1, -0.05) is 17.7 Å². The van der Waals surface area contributed by atoms with Gasteiger partial charge in [0, 0.05) is 42.4 Å². The van der Waals surface area contributed by atoms with Gasteiger partial charge in [0.1, 0.15) is 6.54 Å². The van der Waals surface area contributed by atoms with Gasteiger partial charge in [0.25, 0.3) is 10.0 Å². The number of nitrogens with zero attached hydrogens (tertiary/aromatic N) is 3. The zero-order chi connectivity index (χ0) is 25.7. The maximum atomic E-state index is 13.6. The van der Waals surface area contributed by atoms with Gasteiger partial charge in [-0.2, -0.15) is 0 Å². The Kier molecular flexibility index (Phi) is 8.23. The number of thioether (sulfide) groups is 1. The van der Waals surface area contributed by atoms with Crippen molar-refractivity contribution >= 4 is 44.8 Å². The van der Waals surface area contributed by atoms with Crippen LogP contribution in [0.2, 0.25) is 0 Å². The molecule has 4 rings (SSSR count). The number of carbonyl (C=O) groups excluding carboxylic acids is 1. The first kappa shape index (κ1) is 26.1. The van der Waals surface area contributed by atoms with Crippen LogP contribution >= 0.6 is 11.8 Å². The smallest absolute Gasteiger partial charge is 0.264 e. The molecule has 0 unspecified atom stereocenters. The molecule has 0 aromatic heterocycles. The number of piperazine rings is 1. The summed E-state index contributed by atoms with van der Waals surface area (Å²) in [7, 11) is -1.83. The van der Waals surface area contributed by atoms with Crippen LogP contribution in [0.5, 0.6) is 0 Å². The SMILES string of the molecule is CSc1ccc(S(=O)(=O)N(CC(=O)Nc2ccc(N3CCN(C)CC3)cc2)c2ccc(C)cc2)cc1.